The summed E-state index contributed by atoms with van der Waals surface area (Å²) in [5.41, 5.74) is 0.467. The largest absolute Gasteiger partial charge is 0.508 e. The fourth-order valence-corrected chi connectivity index (χ4v) is 2.80. The van der Waals surface area contributed by atoms with Gasteiger partial charge in [-0.15, -0.1) is 11.8 Å². The van der Waals surface area contributed by atoms with Crippen LogP contribution >= 0.6 is 11.8 Å². The Kier molecular flexibility index (Phi) is 7.28. The highest BCUT2D eigenvalue weighted by molar-refractivity contribution is 7.98. The van der Waals surface area contributed by atoms with Crippen LogP contribution in [0.4, 0.5) is 5.69 Å². The van der Waals surface area contributed by atoms with Gasteiger partial charge in [-0.05, 0) is 30.5 Å². The number of hydrogen-bond acceptors (Lipinski definition) is 7. The first kappa shape index (κ1) is 21.1. The van der Waals surface area contributed by atoms with Gasteiger partial charge in [-0.3, -0.25) is 9.59 Å². The number of thioether (sulfide) groups is 1. The summed E-state index contributed by atoms with van der Waals surface area (Å²) >= 11 is 1.48. The number of para-hydroxylation sites is 1. The fourth-order valence-electron chi connectivity index (χ4n) is 2.25. The molecule has 2 amide bonds. The molecule has 0 bridgehead atoms. The summed E-state index contributed by atoms with van der Waals surface area (Å²) in [4.78, 5) is 38.2. The standard InChI is InChI=1S/C19H20N2O6S/c1-21(10-17(24)20-14-5-3-4-6-16(14)28-2)18(25)11-27-19(26)13-8-7-12(22)9-15(13)23/h3-9,22-23H,10-11H2,1-2H3,(H,20,24). The van der Waals surface area contributed by atoms with E-state index in [1.54, 1.807) is 12.1 Å². The van der Waals surface area contributed by atoms with Crippen molar-refractivity contribution in [3.63, 3.8) is 0 Å². The first-order chi connectivity index (χ1) is 13.3. The predicted molar refractivity (Wildman–Crippen MR) is 105 cm³/mol. The molecule has 0 aliphatic rings. The molecule has 0 saturated heterocycles. The van der Waals surface area contributed by atoms with Crippen molar-refractivity contribution < 1.29 is 29.3 Å². The molecule has 2 aromatic carbocycles. The van der Waals surface area contributed by atoms with Gasteiger partial charge in [0.1, 0.15) is 17.1 Å². The SMILES string of the molecule is CSc1ccccc1NC(=O)CN(C)C(=O)COC(=O)c1ccc(O)cc1O. The van der Waals surface area contributed by atoms with Gasteiger partial charge in [-0.1, -0.05) is 12.1 Å². The molecular formula is C19H20N2O6S. The van der Waals surface area contributed by atoms with Gasteiger partial charge < -0.3 is 25.2 Å². The van der Waals surface area contributed by atoms with Crippen LogP contribution in [0.2, 0.25) is 0 Å². The third-order valence-electron chi connectivity index (χ3n) is 3.72. The number of rotatable bonds is 7. The molecule has 2 aromatic rings. The molecule has 0 spiro atoms. The number of hydrogen-bond donors (Lipinski definition) is 3. The molecular weight excluding hydrogens is 384 g/mol. The van der Waals surface area contributed by atoms with Crippen LogP contribution in [0.5, 0.6) is 11.5 Å². The smallest absolute Gasteiger partial charge is 0.342 e. The number of amides is 2. The number of ether oxygens (including phenoxy) is 1. The summed E-state index contributed by atoms with van der Waals surface area (Å²) < 4.78 is 4.86. The van der Waals surface area contributed by atoms with Crippen molar-refractivity contribution in [3.05, 3.63) is 48.0 Å². The lowest BCUT2D eigenvalue weighted by molar-refractivity contribution is -0.136. The molecule has 2 rings (SSSR count). The molecule has 9 heteroatoms. The van der Waals surface area contributed by atoms with Crippen LogP contribution in [0.15, 0.2) is 47.4 Å². The van der Waals surface area contributed by atoms with Crippen LogP contribution in [0.3, 0.4) is 0 Å². The van der Waals surface area contributed by atoms with E-state index in [2.05, 4.69) is 5.32 Å². The molecule has 3 N–H and O–H groups in total. The average molecular weight is 404 g/mol. The molecule has 0 fully saturated rings. The first-order valence-electron chi connectivity index (χ1n) is 8.17. The third kappa shape index (κ3) is 5.65. The molecule has 148 valence electrons. The maximum absolute atomic E-state index is 12.2. The Labute approximate surface area is 166 Å². The second-order valence-corrected chi connectivity index (χ2v) is 6.62. The maximum Gasteiger partial charge on any atom is 0.342 e. The number of phenols is 2. The van der Waals surface area contributed by atoms with E-state index in [0.29, 0.717) is 5.69 Å². The molecule has 28 heavy (non-hydrogen) atoms. The minimum absolute atomic E-state index is 0.181. The third-order valence-corrected chi connectivity index (χ3v) is 4.51. The molecule has 0 saturated carbocycles. The Bertz CT molecular complexity index is 886. The summed E-state index contributed by atoms with van der Waals surface area (Å²) in [6.45, 7) is -0.812. The second-order valence-electron chi connectivity index (χ2n) is 5.78. The molecule has 0 atom stereocenters. The van der Waals surface area contributed by atoms with Gasteiger partial charge in [0.15, 0.2) is 6.61 Å². The monoisotopic (exact) mass is 404 g/mol. The summed E-state index contributed by atoms with van der Waals surface area (Å²) in [7, 11) is 1.41. The van der Waals surface area contributed by atoms with Crippen molar-refractivity contribution in [2.75, 3.05) is 31.8 Å². The number of esters is 1. The summed E-state index contributed by atoms with van der Waals surface area (Å²) in [6, 6.07) is 10.7. The van der Waals surface area contributed by atoms with Gasteiger partial charge in [0.05, 0.1) is 12.2 Å². The molecule has 0 aliphatic carbocycles. The molecule has 0 aliphatic heterocycles. The number of anilines is 1. The van der Waals surface area contributed by atoms with Crippen LogP contribution in [0.25, 0.3) is 0 Å². The Hall–Kier alpha value is -3.20. The van der Waals surface area contributed by atoms with Crippen molar-refractivity contribution in [3.8, 4) is 11.5 Å². The van der Waals surface area contributed by atoms with E-state index in [0.717, 1.165) is 15.9 Å². The van der Waals surface area contributed by atoms with Gasteiger partial charge in [-0.2, -0.15) is 0 Å². The zero-order valence-corrected chi connectivity index (χ0v) is 16.2. The normalized spacial score (nSPS) is 10.2. The lowest BCUT2D eigenvalue weighted by Crippen LogP contribution is -2.37. The molecule has 0 aromatic heterocycles. The number of aromatic hydroxyl groups is 2. The van der Waals surface area contributed by atoms with Crippen LogP contribution in [0, 0.1) is 0 Å². The van der Waals surface area contributed by atoms with Crippen LogP contribution in [-0.2, 0) is 14.3 Å². The van der Waals surface area contributed by atoms with E-state index in [4.69, 9.17) is 4.74 Å². The predicted octanol–water partition coefficient (Wildman–Crippen LogP) is 2.07. The molecule has 0 radical (unpaired) electrons. The van der Waals surface area contributed by atoms with Gasteiger partial charge >= 0.3 is 5.97 Å². The van der Waals surface area contributed by atoms with E-state index in [9.17, 15) is 24.6 Å². The maximum atomic E-state index is 12.2. The number of benzene rings is 2. The van der Waals surface area contributed by atoms with E-state index in [1.165, 1.54) is 30.9 Å². The van der Waals surface area contributed by atoms with Crippen molar-refractivity contribution in [2.45, 2.75) is 4.90 Å². The van der Waals surface area contributed by atoms with Crippen molar-refractivity contribution in [1.29, 1.82) is 0 Å². The Morgan fingerprint density at radius 1 is 1.14 bits per heavy atom. The van der Waals surface area contributed by atoms with Gasteiger partial charge in [-0.25, -0.2) is 4.79 Å². The molecule has 0 heterocycles. The zero-order valence-electron chi connectivity index (χ0n) is 15.3. The minimum Gasteiger partial charge on any atom is -0.508 e. The quantitative estimate of drug-likeness (QED) is 0.478. The van der Waals surface area contributed by atoms with Crippen molar-refractivity contribution in [1.82, 2.24) is 4.90 Å². The van der Waals surface area contributed by atoms with Crippen LogP contribution in [0.1, 0.15) is 10.4 Å². The number of carbonyl (C=O) groups is 3. The highest BCUT2D eigenvalue weighted by atomic mass is 32.2. The molecule has 8 nitrogen and oxygen atoms in total. The Morgan fingerprint density at radius 3 is 2.54 bits per heavy atom. The number of nitrogens with one attached hydrogen (secondary N) is 1. The Morgan fingerprint density at radius 2 is 1.86 bits per heavy atom. The highest BCUT2D eigenvalue weighted by Crippen LogP contribution is 2.24. The van der Waals surface area contributed by atoms with Gasteiger partial charge in [0, 0.05) is 18.0 Å². The van der Waals surface area contributed by atoms with E-state index in [1.807, 2.05) is 18.4 Å². The summed E-state index contributed by atoms with van der Waals surface area (Å²) in [5.74, 6) is -2.56. The number of likely N-dealkylation sites (N-methyl/N-ethyl adjacent to an activating group) is 1. The number of nitrogens with zero attached hydrogens (tertiary/aromatic N) is 1. The second kappa shape index (κ2) is 9.65. The highest BCUT2D eigenvalue weighted by Gasteiger charge is 2.18. The topological polar surface area (TPSA) is 116 Å². The van der Waals surface area contributed by atoms with Crippen LogP contribution < -0.4 is 5.32 Å². The summed E-state index contributed by atoms with van der Waals surface area (Å²) in [5, 5.41) is 21.6. The van der Waals surface area contributed by atoms with Gasteiger partial charge in [0.2, 0.25) is 5.91 Å². The van der Waals surface area contributed by atoms with E-state index >= 15 is 0 Å². The Balaban J connectivity index is 1.86. The zero-order chi connectivity index (χ0) is 20.7. The number of carbonyl (C=O) groups excluding carboxylic acids is 3. The number of phenolic OH excluding ortho intramolecular Hbond substituents is 2. The fraction of sp³-hybridized carbons (Fsp3) is 0.211. The minimum atomic E-state index is -0.919. The van der Waals surface area contributed by atoms with E-state index < -0.39 is 24.2 Å². The van der Waals surface area contributed by atoms with Crippen LogP contribution in [-0.4, -0.2) is 59.4 Å². The van der Waals surface area contributed by atoms with Gasteiger partial charge in [0.25, 0.3) is 5.91 Å². The summed E-state index contributed by atoms with van der Waals surface area (Å²) in [6.07, 6.45) is 1.89. The molecule has 0 unspecified atom stereocenters. The van der Waals surface area contributed by atoms with Crippen molar-refractivity contribution in [2.24, 2.45) is 0 Å². The lowest BCUT2D eigenvalue weighted by atomic mass is 10.2. The van der Waals surface area contributed by atoms with Crippen molar-refractivity contribution >= 4 is 35.2 Å². The first-order valence-corrected chi connectivity index (χ1v) is 9.40. The van der Waals surface area contributed by atoms with E-state index in [-0.39, 0.29) is 23.8 Å². The average Bonchev–Trinajstić information content (AvgIpc) is 2.66. The lowest BCUT2D eigenvalue weighted by Gasteiger charge is -2.17.